The lowest BCUT2D eigenvalue weighted by molar-refractivity contribution is 0.103. The summed E-state index contributed by atoms with van der Waals surface area (Å²) in [5.41, 5.74) is 1.14. The molecule has 154 valence electrons. The summed E-state index contributed by atoms with van der Waals surface area (Å²) in [6.07, 6.45) is 1.65. The molecule has 0 radical (unpaired) electrons. The molecule has 1 aliphatic carbocycles. The van der Waals surface area contributed by atoms with Gasteiger partial charge in [0, 0.05) is 32.1 Å². The van der Waals surface area contributed by atoms with Gasteiger partial charge >= 0.3 is 0 Å². The van der Waals surface area contributed by atoms with E-state index in [0.717, 1.165) is 51.3 Å². The second-order valence-corrected chi connectivity index (χ2v) is 11.0. The average Bonchev–Trinajstić information content (AvgIpc) is 3.44. The fourth-order valence-electron chi connectivity index (χ4n) is 5.27. The normalized spacial score (nSPS) is 33.1. The van der Waals surface area contributed by atoms with Crippen molar-refractivity contribution >= 4 is 10.0 Å². The van der Waals surface area contributed by atoms with Crippen LogP contribution >= 0.6 is 0 Å². The van der Waals surface area contributed by atoms with Crippen molar-refractivity contribution in [3.63, 3.8) is 0 Å². The van der Waals surface area contributed by atoms with Crippen molar-refractivity contribution in [2.45, 2.75) is 24.1 Å². The van der Waals surface area contributed by atoms with Crippen LogP contribution in [0.5, 0.6) is 0 Å². The molecule has 0 aromatic heterocycles. The molecular weight excluding hydrogens is 376 g/mol. The van der Waals surface area contributed by atoms with E-state index in [2.05, 4.69) is 17.0 Å². The van der Waals surface area contributed by atoms with E-state index >= 15 is 0 Å². The maximum atomic E-state index is 13.1. The summed E-state index contributed by atoms with van der Waals surface area (Å²) >= 11 is 0. The van der Waals surface area contributed by atoms with Crippen LogP contribution in [0.25, 0.3) is 0 Å². The highest BCUT2D eigenvalue weighted by molar-refractivity contribution is 7.90. The Hall–Kier alpha value is -0.990. The first kappa shape index (κ1) is 19.0. The molecule has 0 bridgehead atoms. The Morgan fingerprint density at radius 1 is 0.964 bits per heavy atom. The number of hydrogen-bond acceptors (Lipinski definition) is 5. The third-order valence-electron chi connectivity index (χ3n) is 6.71. The maximum Gasteiger partial charge on any atom is 0.217 e. The minimum atomic E-state index is -3.18. The van der Waals surface area contributed by atoms with Gasteiger partial charge in [-0.15, -0.1) is 0 Å². The van der Waals surface area contributed by atoms with Crippen LogP contribution in [-0.2, 0) is 19.5 Å². The van der Waals surface area contributed by atoms with Gasteiger partial charge in [0.05, 0.1) is 37.7 Å². The quantitative estimate of drug-likeness (QED) is 0.746. The number of hydrogen-bond donors (Lipinski definition) is 0. The van der Waals surface area contributed by atoms with E-state index in [1.807, 2.05) is 22.5 Å². The highest BCUT2D eigenvalue weighted by Gasteiger charge is 2.54. The maximum absolute atomic E-state index is 13.1. The average molecular weight is 407 g/mol. The third kappa shape index (κ3) is 3.63. The Bertz CT molecular complexity index is 775. The largest absolute Gasteiger partial charge is 0.379 e. The summed E-state index contributed by atoms with van der Waals surface area (Å²) in [5.74, 6) is 1.18. The second-order valence-electron chi connectivity index (χ2n) is 8.83. The van der Waals surface area contributed by atoms with Crippen LogP contribution in [0.3, 0.4) is 0 Å². The van der Waals surface area contributed by atoms with Gasteiger partial charge in [-0.3, -0.25) is 0 Å². The van der Waals surface area contributed by atoms with E-state index < -0.39 is 10.0 Å². The lowest BCUT2D eigenvalue weighted by Gasteiger charge is -2.30. The van der Waals surface area contributed by atoms with Gasteiger partial charge in [-0.05, 0) is 30.2 Å². The highest BCUT2D eigenvalue weighted by atomic mass is 32.2. The van der Waals surface area contributed by atoms with Crippen LogP contribution < -0.4 is 0 Å². The molecule has 5 rings (SSSR count). The smallest absolute Gasteiger partial charge is 0.217 e. The lowest BCUT2D eigenvalue weighted by atomic mass is 9.90. The second kappa shape index (κ2) is 7.69. The number of rotatable bonds is 5. The number of likely N-dealkylation sites (tertiary alicyclic amines) is 1. The topological polar surface area (TPSA) is 59.1 Å². The van der Waals surface area contributed by atoms with Crippen molar-refractivity contribution < 1.29 is 17.9 Å². The Kier molecular flexibility index (Phi) is 5.22. The molecule has 0 spiro atoms. The van der Waals surface area contributed by atoms with E-state index in [-0.39, 0.29) is 11.3 Å². The Morgan fingerprint density at radius 3 is 2.36 bits per heavy atom. The minimum Gasteiger partial charge on any atom is -0.379 e. The summed E-state index contributed by atoms with van der Waals surface area (Å²) in [5, 5.41) is -0.145. The molecule has 0 unspecified atom stereocenters. The first-order chi connectivity index (χ1) is 13.6. The molecule has 28 heavy (non-hydrogen) atoms. The molecule has 0 N–H and O–H groups in total. The van der Waals surface area contributed by atoms with E-state index in [1.54, 1.807) is 0 Å². The lowest BCUT2D eigenvalue weighted by Crippen LogP contribution is -2.39. The van der Waals surface area contributed by atoms with Crippen LogP contribution in [-0.4, -0.2) is 75.5 Å². The molecular formula is C21H30N2O4S. The number of benzene rings is 1. The van der Waals surface area contributed by atoms with Crippen LogP contribution in [0.2, 0.25) is 0 Å². The Morgan fingerprint density at radius 2 is 1.68 bits per heavy atom. The summed E-state index contributed by atoms with van der Waals surface area (Å²) in [4.78, 5) is 2.51. The minimum absolute atomic E-state index is 0.0246. The van der Waals surface area contributed by atoms with E-state index in [4.69, 9.17) is 9.47 Å². The first-order valence-corrected chi connectivity index (χ1v) is 12.1. The molecule has 1 aromatic carbocycles. The van der Waals surface area contributed by atoms with Crippen molar-refractivity contribution in [3.05, 3.63) is 35.9 Å². The summed E-state index contributed by atoms with van der Waals surface area (Å²) in [6, 6.07) is 10.2. The predicted molar refractivity (Wildman–Crippen MR) is 106 cm³/mol. The molecule has 0 amide bonds. The number of ether oxygens (including phenoxy) is 2. The van der Waals surface area contributed by atoms with Crippen molar-refractivity contribution in [2.24, 2.45) is 17.8 Å². The molecule has 4 fully saturated rings. The SMILES string of the molecule is O=S(=O)(C1CC1)N1C[C@@H]2CN(CC3COCCOC3)C[C@@H]2[C@H]1c1ccccc1. The number of sulfonamides is 1. The van der Waals surface area contributed by atoms with Gasteiger partial charge in [0.2, 0.25) is 10.0 Å². The van der Waals surface area contributed by atoms with Gasteiger partial charge in [-0.25, -0.2) is 8.42 Å². The van der Waals surface area contributed by atoms with Gasteiger partial charge in [0.15, 0.2) is 0 Å². The van der Waals surface area contributed by atoms with Crippen LogP contribution in [0.15, 0.2) is 30.3 Å². The highest BCUT2D eigenvalue weighted by Crippen LogP contribution is 2.48. The fourth-order valence-corrected chi connectivity index (χ4v) is 7.38. The summed E-state index contributed by atoms with van der Waals surface area (Å²) < 4.78 is 39.4. The van der Waals surface area contributed by atoms with Gasteiger partial charge in [0.25, 0.3) is 0 Å². The third-order valence-corrected chi connectivity index (χ3v) is 9.05. The van der Waals surface area contributed by atoms with Crippen molar-refractivity contribution in [2.75, 3.05) is 52.6 Å². The van der Waals surface area contributed by atoms with E-state index in [1.165, 1.54) is 0 Å². The Balaban J connectivity index is 1.34. The molecule has 6 nitrogen and oxygen atoms in total. The zero-order valence-electron chi connectivity index (χ0n) is 16.3. The fraction of sp³-hybridized carbons (Fsp3) is 0.714. The molecule has 1 aromatic rings. The monoisotopic (exact) mass is 406 g/mol. The summed E-state index contributed by atoms with van der Waals surface area (Å²) in [6.45, 7) is 6.46. The molecule has 3 heterocycles. The van der Waals surface area contributed by atoms with Gasteiger partial charge < -0.3 is 14.4 Å². The Labute approximate surface area is 167 Å². The van der Waals surface area contributed by atoms with Crippen molar-refractivity contribution in [3.8, 4) is 0 Å². The number of fused-ring (bicyclic) bond motifs is 1. The van der Waals surface area contributed by atoms with Gasteiger partial charge in [-0.1, -0.05) is 30.3 Å². The first-order valence-electron chi connectivity index (χ1n) is 10.6. The van der Waals surface area contributed by atoms with Crippen LogP contribution in [0, 0.1) is 17.8 Å². The van der Waals surface area contributed by atoms with Gasteiger partial charge in [-0.2, -0.15) is 4.31 Å². The zero-order chi connectivity index (χ0) is 19.1. The van der Waals surface area contributed by atoms with Crippen LogP contribution in [0.4, 0.5) is 0 Å². The standard InChI is InChI=1S/C21H30N2O4S/c24-28(25,19-6-7-19)23-12-18-11-22(10-16-14-26-8-9-27-15-16)13-20(18)21(23)17-4-2-1-3-5-17/h1-5,16,18-21H,6-15H2/t18-,20-,21+/m0/s1. The predicted octanol–water partition coefficient (Wildman–Crippen LogP) is 1.75. The molecule has 3 aliphatic heterocycles. The molecule has 3 saturated heterocycles. The van der Waals surface area contributed by atoms with Gasteiger partial charge in [0.1, 0.15) is 0 Å². The van der Waals surface area contributed by atoms with E-state index in [9.17, 15) is 8.42 Å². The molecule has 4 aliphatic rings. The van der Waals surface area contributed by atoms with E-state index in [0.29, 0.717) is 37.5 Å². The summed E-state index contributed by atoms with van der Waals surface area (Å²) in [7, 11) is -3.18. The van der Waals surface area contributed by atoms with Crippen molar-refractivity contribution in [1.82, 2.24) is 9.21 Å². The zero-order valence-corrected chi connectivity index (χ0v) is 17.1. The molecule has 3 atom stereocenters. The van der Waals surface area contributed by atoms with Crippen LogP contribution in [0.1, 0.15) is 24.4 Å². The molecule has 1 saturated carbocycles. The molecule has 7 heteroatoms. The van der Waals surface area contributed by atoms with Crippen molar-refractivity contribution in [1.29, 1.82) is 0 Å². The number of nitrogens with zero attached hydrogens (tertiary/aromatic N) is 2.